The number of phenols is 2. The Morgan fingerprint density at radius 3 is 2.23 bits per heavy atom. The van der Waals surface area contributed by atoms with Crippen molar-refractivity contribution in [3.63, 3.8) is 0 Å². The summed E-state index contributed by atoms with van der Waals surface area (Å²) in [5, 5.41) is 18.0. The number of hydrogen-bond acceptors (Lipinski definition) is 3. The summed E-state index contributed by atoms with van der Waals surface area (Å²) in [5.74, 6) is -0.179. The van der Waals surface area contributed by atoms with Gasteiger partial charge >= 0.3 is 0 Å². The summed E-state index contributed by atoms with van der Waals surface area (Å²) in [4.78, 5) is 0. The largest absolute Gasteiger partial charge is 0.504 e. The fourth-order valence-corrected chi connectivity index (χ4v) is 0.891. The van der Waals surface area contributed by atoms with Crippen molar-refractivity contribution in [1.29, 1.82) is 0 Å². The van der Waals surface area contributed by atoms with E-state index in [-0.39, 0.29) is 54.3 Å². The summed E-state index contributed by atoms with van der Waals surface area (Å²) in [6.45, 7) is 0.546. The van der Waals surface area contributed by atoms with E-state index in [1.165, 1.54) is 12.1 Å². The topological polar surface area (TPSA) is 66.5 Å². The fraction of sp³-hybridized carbons (Fsp3) is 0.250. The molecule has 0 aliphatic carbocycles. The van der Waals surface area contributed by atoms with Crippen LogP contribution in [-0.2, 0) is 49.2 Å². The van der Waals surface area contributed by atoms with Gasteiger partial charge in [0, 0.05) is 42.8 Å². The number of benzene rings is 1. The number of nitrogens with two attached hydrogens (primary N) is 1. The first kappa shape index (κ1) is 15.6. The van der Waals surface area contributed by atoms with Crippen molar-refractivity contribution in [1.82, 2.24) is 0 Å². The Balaban J connectivity index is 0. The van der Waals surface area contributed by atoms with Gasteiger partial charge in [-0.3, -0.25) is 0 Å². The average Bonchev–Trinajstić information content (AvgIpc) is 1.98. The quantitative estimate of drug-likeness (QED) is 0.516. The summed E-state index contributed by atoms with van der Waals surface area (Å²) in [6, 6.07) is 4.71. The van der Waals surface area contributed by atoms with Crippen molar-refractivity contribution in [2.24, 2.45) is 5.73 Å². The molecule has 0 bridgehead atoms. The predicted octanol–water partition coefficient (Wildman–Crippen LogP) is 0.594. The second-order valence-corrected chi connectivity index (χ2v) is 2.36. The Morgan fingerprint density at radius 2 is 1.77 bits per heavy atom. The molecule has 0 aliphatic rings. The molecule has 0 aromatic heterocycles. The molecular formula is C8H11NO2TiW. The maximum Gasteiger partial charge on any atom is 0.157 e. The third kappa shape index (κ3) is 4.82. The maximum atomic E-state index is 9.04. The van der Waals surface area contributed by atoms with Crippen LogP contribution in [0.3, 0.4) is 0 Å². The van der Waals surface area contributed by atoms with E-state index in [1.807, 2.05) is 0 Å². The summed E-state index contributed by atoms with van der Waals surface area (Å²) in [5.41, 5.74) is 6.24. The number of phenolic OH excluding ortho intramolecular Hbond substituents is 2. The van der Waals surface area contributed by atoms with E-state index in [0.29, 0.717) is 13.0 Å². The van der Waals surface area contributed by atoms with E-state index in [4.69, 9.17) is 15.9 Å². The molecule has 1 aromatic rings. The van der Waals surface area contributed by atoms with Crippen molar-refractivity contribution in [2.45, 2.75) is 6.42 Å². The smallest absolute Gasteiger partial charge is 0.157 e. The minimum absolute atomic E-state index is 0. The van der Waals surface area contributed by atoms with Crippen LogP contribution in [0.2, 0.25) is 0 Å². The summed E-state index contributed by atoms with van der Waals surface area (Å²) < 4.78 is 0. The summed E-state index contributed by atoms with van der Waals surface area (Å²) in [7, 11) is 0. The molecule has 0 radical (unpaired) electrons. The molecule has 0 saturated carbocycles. The molecule has 0 unspecified atom stereocenters. The molecule has 1 aromatic carbocycles. The van der Waals surface area contributed by atoms with E-state index in [0.717, 1.165) is 5.56 Å². The van der Waals surface area contributed by atoms with Gasteiger partial charge in [-0.05, 0) is 30.7 Å². The van der Waals surface area contributed by atoms with Crippen LogP contribution in [-0.4, -0.2) is 16.8 Å². The summed E-state index contributed by atoms with van der Waals surface area (Å²) >= 11 is 0. The van der Waals surface area contributed by atoms with Gasteiger partial charge in [0.25, 0.3) is 0 Å². The molecule has 70 valence electrons. The molecule has 1 rings (SSSR count). The Morgan fingerprint density at radius 1 is 1.15 bits per heavy atom. The van der Waals surface area contributed by atoms with Crippen molar-refractivity contribution in [3.8, 4) is 11.5 Å². The summed E-state index contributed by atoms with van der Waals surface area (Å²) in [6.07, 6.45) is 0.716. The Hall–Kier alpha value is 0.183. The Bertz CT molecular complexity index is 258. The zero-order valence-electron chi connectivity index (χ0n) is 7.03. The first-order valence-corrected chi connectivity index (χ1v) is 3.45. The average molecular weight is 385 g/mol. The van der Waals surface area contributed by atoms with Crippen molar-refractivity contribution in [3.05, 3.63) is 23.8 Å². The van der Waals surface area contributed by atoms with Gasteiger partial charge in [0.1, 0.15) is 0 Å². The third-order valence-corrected chi connectivity index (χ3v) is 1.47. The minimum Gasteiger partial charge on any atom is -0.504 e. The van der Waals surface area contributed by atoms with Gasteiger partial charge in [0.15, 0.2) is 11.5 Å². The molecule has 0 amide bonds. The first-order valence-electron chi connectivity index (χ1n) is 3.45. The van der Waals surface area contributed by atoms with Crippen molar-refractivity contribution in [2.75, 3.05) is 6.54 Å². The van der Waals surface area contributed by atoms with Gasteiger partial charge in [-0.1, -0.05) is 6.07 Å². The van der Waals surface area contributed by atoms with Gasteiger partial charge in [-0.25, -0.2) is 0 Å². The molecule has 0 atom stereocenters. The monoisotopic (exact) mass is 385 g/mol. The van der Waals surface area contributed by atoms with Crippen LogP contribution in [0.5, 0.6) is 11.5 Å². The van der Waals surface area contributed by atoms with Crippen LogP contribution in [0.1, 0.15) is 5.56 Å². The van der Waals surface area contributed by atoms with E-state index < -0.39 is 0 Å². The molecular weight excluding hydrogens is 374 g/mol. The Labute approximate surface area is 106 Å². The van der Waals surface area contributed by atoms with Gasteiger partial charge in [0.2, 0.25) is 0 Å². The van der Waals surface area contributed by atoms with Crippen LogP contribution in [0.4, 0.5) is 0 Å². The van der Waals surface area contributed by atoms with Crippen LogP contribution in [0, 0.1) is 0 Å². The van der Waals surface area contributed by atoms with E-state index in [2.05, 4.69) is 0 Å². The number of aromatic hydroxyl groups is 2. The van der Waals surface area contributed by atoms with E-state index in [9.17, 15) is 0 Å². The molecule has 0 fully saturated rings. The second kappa shape index (κ2) is 7.57. The van der Waals surface area contributed by atoms with Crippen LogP contribution >= 0.6 is 0 Å². The van der Waals surface area contributed by atoms with Crippen LogP contribution in [0.25, 0.3) is 0 Å². The van der Waals surface area contributed by atoms with Crippen LogP contribution < -0.4 is 5.73 Å². The molecule has 5 heteroatoms. The van der Waals surface area contributed by atoms with Gasteiger partial charge in [-0.15, -0.1) is 0 Å². The molecule has 4 N–H and O–H groups in total. The van der Waals surface area contributed by atoms with Gasteiger partial charge in [-0.2, -0.15) is 0 Å². The Kier molecular flexibility index (Phi) is 9.12. The zero-order chi connectivity index (χ0) is 8.27. The molecule has 0 spiro atoms. The first-order chi connectivity index (χ1) is 5.24. The number of rotatable bonds is 2. The maximum absolute atomic E-state index is 9.04. The molecule has 0 saturated heterocycles. The predicted molar refractivity (Wildman–Crippen MR) is 42.5 cm³/mol. The van der Waals surface area contributed by atoms with Crippen molar-refractivity contribution < 1.29 is 53.0 Å². The minimum atomic E-state index is -0.0919. The van der Waals surface area contributed by atoms with Crippen molar-refractivity contribution >= 4 is 0 Å². The van der Waals surface area contributed by atoms with E-state index >= 15 is 0 Å². The molecule has 0 heterocycles. The SMILES string of the molecule is NCCc1ccc(O)c(O)c1.[Ti].[W]. The third-order valence-electron chi connectivity index (χ3n) is 1.47. The zero-order valence-corrected chi connectivity index (χ0v) is 11.5. The number of hydrogen-bond donors (Lipinski definition) is 3. The molecule has 13 heavy (non-hydrogen) atoms. The normalized spacial score (nSPS) is 8.38. The standard InChI is InChI=1S/C8H11NO2.Ti.W/c9-4-3-6-1-2-7(10)8(11)5-6;;/h1-2,5,10-11H,3-4,9H2;;. The van der Waals surface area contributed by atoms with E-state index in [1.54, 1.807) is 6.07 Å². The van der Waals surface area contributed by atoms with Gasteiger partial charge in [0.05, 0.1) is 0 Å². The molecule has 0 aliphatic heterocycles. The van der Waals surface area contributed by atoms with Crippen LogP contribution in [0.15, 0.2) is 18.2 Å². The second-order valence-electron chi connectivity index (χ2n) is 2.36. The van der Waals surface area contributed by atoms with Gasteiger partial charge < -0.3 is 15.9 Å². The molecule has 3 nitrogen and oxygen atoms in total. The fourth-order valence-electron chi connectivity index (χ4n) is 0.891.